The van der Waals surface area contributed by atoms with E-state index in [9.17, 15) is 14.4 Å². The number of hydrogen-bond donors (Lipinski definition) is 2. The lowest BCUT2D eigenvalue weighted by Gasteiger charge is -2.29. The highest BCUT2D eigenvalue weighted by Gasteiger charge is 2.46. The molecule has 0 radical (unpaired) electrons. The monoisotopic (exact) mass is 281 g/mol. The first-order valence-electron chi connectivity index (χ1n) is 7.08. The van der Waals surface area contributed by atoms with Crippen LogP contribution >= 0.6 is 0 Å². The van der Waals surface area contributed by atoms with Crippen molar-refractivity contribution in [2.24, 2.45) is 11.1 Å². The van der Waals surface area contributed by atoms with Crippen molar-refractivity contribution in [2.45, 2.75) is 58.0 Å². The Morgan fingerprint density at radius 3 is 2.45 bits per heavy atom. The van der Waals surface area contributed by atoms with E-state index in [-0.39, 0.29) is 24.8 Å². The van der Waals surface area contributed by atoms with E-state index in [1.807, 2.05) is 0 Å². The number of nitrogens with zero attached hydrogens (tertiary/aromatic N) is 1. The van der Waals surface area contributed by atoms with Crippen LogP contribution < -0.4 is 11.1 Å². The lowest BCUT2D eigenvalue weighted by molar-refractivity contribution is -0.141. The number of hydrogen-bond acceptors (Lipinski definition) is 4. The second kappa shape index (κ2) is 4.84. The number of nitrogens with two attached hydrogens (primary N) is 1. The fourth-order valence-electron chi connectivity index (χ4n) is 2.53. The Morgan fingerprint density at radius 1 is 1.45 bits per heavy atom. The van der Waals surface area contributed by atoms with Gasteiger partial charge in [0.05, 0.1) is 11.0 Å². The Labute approximate surface area is 119 Å². The summed E-state index contributed by atoms with van der Waals surface area (Å²) < 4.78 is 0. The summed E-state index contributed by atoms with van der Waals surface area (Å²) in [6.45, 7) is 5.51. The van der Waals surface area contributed by atoms with Gasteiger partial charge in [-0.1, -0.05) is 13.8 Å². The van der Waals surface area contributed by atoms with Crippen LogP contribution in [0.4, 0.5) is 0 Å². The zero-order valence-electron chi connectivity index (χ0n) is 12.4. The smallest absolute Gasteiger partial charge is 0.237 e. The molecule has 0 bridgehead atoms. The van der Waals surface area contributed by atoms with E-state index in [2.05, 4.69) is 5.32 Å². The highest BCUT2D eigenvalue weighted by Crippen LogP contribution is 2.32. The molecule has 20 heavy (non-hydrogen) atoms. The first-order chi connectivity index (χ1) is 9.16. The summed E-state index contributed by atoms with van der Waals surface area (Å²) in [6.07, 6.45) is 2.66. The van der Waals surface area contributed by atoms with Crippen molar-refractivity contribution in [3.05, 3.63) is 0 Å². The Kier molecular flexibility index (Phi) is 3.62. The summed E-state index contributed by atoms with van der Waals surface area (Å²) in [5, 5.41) is 3.22. The standard InChI is InChI=1S/C14H23N3O3/c1-13(2)8-10(18)17(12(13)20)7-6-14(3,11(15)19)16-9-4-5-9/h9,16H,4-8H2,1-3H3,(H2,15,19). The molecule has 2 rings (SSSR count). The van der Waals surface area contributed by atoms with Gasteiger partial charge in [-0.05, 0) is 26.2 Å². The molecular weight excluding hydrogens is 258 g/mol. The molecule has 1 saturated carbocycles. The van der Waals surface area contributed by atoms with Gasteiger partial charge in [0, 0.05) is 19.0 Å². The summed E-state index contributed by atoms with van der Waals surface area (Å²) in [5.74, 6) is -0.776. The van der Waals surface area contributed by atoms with Gasteiger partial charge in [0.15, 0.2) is 0 Å². The molecule has 0 aromatic carbocycles. The zero-order chi connectivity index (χ0) is 15.1. The number of primary amides is 1. The van der Waals surface area contributed by atoms with E-state index in [4.69, 9.17) is 5.73 Å². The molecule has 1 unspecified atom stereocenters. The van der Waals surface area contributed by atoms with Gasteiger partial charge in [0.25, 0.3) is 0 Å². The quantitative estimate of drug-likeness (QED) is 0.678. The lowest BCUT2D eigenvalue weighted by atomic mass is 9.92. The SMILES string of the molecule is CC1(C)CC(=O)N(CCC(C)(NC2CC2)C(N)=O)C1=O. The molecular formula is C14H23N3O3. The van der Waals surface area contributed by atoms with E-state index >= 15 is 0 Å². The third-order valence-corrected chi connectivity index (χ3v) is 4.20. The molecule has 0 aromatic heterocycles. The second-order valence-electron chi connectivity index (χ2n) is 6.78. The van der Waals surface area contributed by atoms with Crippen LogP contribution in [0.25, 0.3) is 0 Å². The minimum absolute atomic E-state index is 0.166. The van der Waals surface area contributed by atoms with Crippen LogP contribution in [0.3, 0.4) is 0 Å². The average molecular weight is 281 g/mol. The van der Waals surface area contributed by atoms with Gasteiger partial charge in [-0.3, -0.25) is 19.3 Å². The molecule has 3 N–H and O–H groups in total. The molecule has 0 aromatic rings. The number of carbonyl (C=O) groups excluding carboxylic acids is 3. The van der Waals surface area contributed by atoms with E-state index in [0.717, 1.165) is 12.8 Å². The maximum atomic E-state index is 12.1. The number of likely N-dealkylation sites (tertiary alicyclic amines) is 1. The molecule has 2 aliphatic rings. The summed E-state index contributed by atoms with van der Waals surface area (Å²) >= 11 is 0. The Morgan fingerprint density at radius 2 is 2.05 bits per heavy atom. The predicted molar refractivity (Wildman–Crippen MR) is 73.5 cm³/mol. The first-order valence-corrected chi connectivity index (χ1v) is 7.08. The number of rotatable bonds is 6. The molecule has 0 spiro atoms. The molecule has 1 aliphatic heterocycles. The summed E-state index contributed by atoms with van der Waals surface area (Å²) in [5.41, 5.74) is 3.96. The van der Waals surface area contributed by atoms with E-state index in [0.29, 0.717) is 12.5 Å². The molecule has 2 fully saturated rings. The van der Waals surface area contributed by atoms with Crippen molar-refractivity contribution in [1.82, 2.24) is 10.2 Å². The summed E-state index contributed by atoms with van der Waals surface area (Å²) in [6, 6.07) is 0.328. The molecule has 1 heterocycles. The van der Waals surface area contributed by atoms with Gasteiger partial charge in [0.2, 0.25) is 17.7 Å². The summed E-state index contributed by atoms with van der Waals surface area (Å²) in [4.78, 5) is 36.9. The Balaban J connectivity index is 2.00. The second-order valence-corrected chi connectivity index (χ2v) is 6.78. The number of amides is 3. The summed E-state index contributed by atoms with van der Waals surface area (Å²) in [7, 11) is 0. The zero-order valence-corrected chi connectivity index (χ0v) is 12.4. The minimum atomic E-state index is -0.867. The van der Waals surface area contributed by atoms with Gasteiger partial charge < -0.3 is 11.1 Å². The van der Waals surface area contributed by atoms with Crippen molar-refractivity contribution in [1.29, 1.82) is 0 Å². The molecule has 1 saturated heterocycles. The van der Waals surface area contributed by atoms with Crippen molar-refractivity contribution in [3.63, 3.8) is 0 Å². The van der Waals surface area contributed by atoms with Gasteiger partial charge in [-0.25, -0.2) is 0 Å². The topological polar surface area (TPSA) is 92.5 Å². The van der Waals surface area contributed by atoms with Gasteiger partial charge in [-0.15, -0.1) is 0 Å². The predicted octanol–water partition coefficient (Wildman–Crippen LogP) is 0.158. The van der Waals surface area contributed by atoms with Crippen molar-refractivity contribution < 1.29 is 14.4 Å². The fourth-order valence-corrected chi connectivity index (χ4v) is 2.53. The number of imide groups is 1. The van der Waals surface area contributed by atoms with Crippen LogP contribution in [-0.4, -0.2) is 40.7 Å². The molecule has 112 valence electrons. The van der Waals surface area contributed by atoms with E-state index in [1.165, 1.54) is 4.90 Å². The third-order valence-electron chi connectivity index (χ3n) is 4.20. The fraction of sp³-hybridized carbons (Fsp3) is 0.786. The molecule has 1 atom stereocenters. The van der Waals surface area contributed by atoms with Crippen LogP contribution in [-0.2, 0) is 14.4 Å². The van der Waals surface area contributed by atoms with Gasteiger partial charge >= 0.3 is 0 Å². The molecule has 6 heteroatoms. The van der Waals surface area contributed by atoms with E-state index in [1.54, 1.807) is 20.8 Å². The minimum Gasteiger partial charge on any atom is -0.368 e. The van der Waals surface area contributed by atoms with Crippen molar-refractivity contribution in [3.8, 4) is 0 Å². The normalized spacial score (nSPS) is 24.9. The van der Waals surface area contributed by atoms with Crippen LogP contribution in [0.15, 0.2) is 0 Å². The Hall–Kier alpha value is -1.43. The van der Waals surface area contributed by atoms with Crippen molar-refractivity contribution >= 4 is 17.7 Å². The Bertz CT molecular complexity index is 457. The van der Waals surface area contributed by atoms with Crippen LogP contribution in [0.2, 0.25) is 0 Å². The van der Waals surface area contributed by atoms with Gasteiger partial charge in [0.1, 0.15) is 0 Å². The van der Waals surface area contributed by atoms with Crippen LogP contribution in [0, 0.1) is 5.41 Å². The largest absolute Gasteiger partial charge is 0.368 e. The lowest BCUT2D eigenvalue weighted by Crippen LogP contribution is -2.55. The number of carbonyl (C=O) groups is 3. The molecule has 3 amide bonds. The van der Waals surface area contributed by atoms with Crippen LogP contribution in [0.5, 0.6) is 0 Å². The first kappa shape index (κ1) is 15.0. The molecule has 6 nitrogen and oxygen atoms in total. The molecule has 1 aliphatic carbocycles. The maximum absolute atomic E-state index is 12.1. The number of nitrogens with one attached hydrogen (secondary N) is 1. The van der Waals surface area contributed by atoms with E-state index < -0.39 is 16.9 Å². The maximum Gasteiger partial charge on any atom is 0.237 e. The highest BCUT2D eigenvalue weighted by atomic mass is 16.2. The average Bonchev–Trinajstić information content (AvgIpc) is 3.08. The highest BCUT2D eigenvalue weighted by molar-refractivity contribution is 6.05. The van der Waals surface area contributed by atoms with Crippen LogP contribution in [0.1, 0.15) is 46.5 Å². The van der Waals surface area contributed by atoms with Crippen molar-refractivity contribution in [2.75, 3.05) is 6.54 Å². The van der Waals surface area contributed by atoms with Gasteiger partial charge in [-0.2, -0.15) is 0 Å². The third kappa shape index (κ3) is 2.85.